The Kier molecular flexibility index (Phi) is 3.46. The Labute approximate surface area is 120 Å². The zero-order valence-corrected chi connectivity index (χ0v) is 11.1. The van der Waals surface area contributed by atoms with Gasteiger partial charge in [0.15, 0.2) is 11.5 Å². The molecule has 3 rings (SSSR count). The Hall–Kier alpha value is -2.96. The largest absolute Gasteiger partial charge is 0.492 e. The molecule has 0 aliphatic heterocycles. The van der Waals surface area contributed by atoms with Gasteiger partial charge in [0.25, 0.3) is 0 Å². The Bertz CT molecular complexity index is 767. The normalized spacial score (nSPS) is 10.7. The summed E-state index contributed by atoms with van der Waals surface area (Å²) in [6.45, 7) is 1.04. The number of nitrogen functional groups attached to an aromatic ring is 1. The molecule has 1 aromatic carbocycles. The molecule has 0 aliphatic carbocycles. The molecule has 0 radical (unpaired) electrons. The topological polar surface area (TPSA) is 95.9 Å². The predicted octanol–water partition coefficient (Wildman–Crippen LogP) is 1.30. The number of rotatable bonds is 5. The highest BCUT2D eigenvalue weighted by molar-refractivity contribution is 5.81. The van der Waals surface area contributed by atoms with Crippen molar-refractivity contribution >= 4 is 23.3 Å². The summed E-state index contributed by atoms with van der Waals surface area (Å²) in [5.41, 5.74) is 7.62. The Morgan fingerprint density at radius 2 is 2.00 bits per heavy atom. The van der Waals surface area contributed by atoms with Gasteiger partial charge in [0, 0.05) is 5.56 Å². The lowest BCUT2D eigenvalue weighted by atomic mass is 10.2. The number of aldehydes is 1. The molecule has 0 fully saturated rings. The molecule has 7 nitrogen and oxygen atoms in total. The summed E-state index contributed by atoms with van der Waals surface area (Å²) < 4.78 is 7.47. The molecule has 0 bridgehead atoms. The van der Waals surface area contributed by atoms with Crippen molar-refractivity contribution in [3.05, 3.63) is 42.5 Å². The second-order valence-electron chi connectivity index (χ2n) is 4.40. The Balaban J connectivity index is 1.66. The first kappa shape index (κ1) is 13.0. The van der Waals surface area contributed by atoms with Crippen LogP contribution in [0.2, 0.25) is 0 Å². The highest BCUT2D eigenvalue weighted by Gasteiger charge is 2.07. The second-order valence-corrected chi connectivity index (χ2v) is 4.40. The minimum Gasteiger partial charge on any atom is -0.492 e. The molecule has 0 unspecified atom stereocenters. The van der Waals surface area contributed by atoms with Crippen molar-refractivity contribution in [2.24, 2.45) is 0 Å². The molecule has 2 N–H and O–H groups in total. The van der Waals surface area contributed by atoms with Crippen molar-refractivity contribution in [3.8, 4) is 5.75 Å². The van der Waals surface area contributed by atoms with E-state index in [1.165, 1.54) is 6.33 Å². The van der Waals surface area contributed by atoms with Crippen LogP contribution in [0.15, 0.2) is 36.9 Å². The molecule has 3 aromatic rings. The van der Waals surface area contributed by atoms with Crippen LogP contribution in [0.5, 0.6) is 5.75 Å². The van der Waals surface area contributed by atoms with Gasteiger partial charge >= 0.3 is 0 Å². The fourth-order valence-corrected chi connectivity index (χ4v) is 1.97. The number of hydrogen-bond acceptors (Lipinski definition) is 6. The van der Waals surface area contributed by atoms with E-state index >= 15 is 0 Å². The molecule has 0 aliphatic rings. The van der Waals surface area contributed by atoms with Crippen LogP contribution in [0, 0.1) is 0 Å². The van der Waals surface area contributed by atoms with Crippen molar-refractivity contribution in [1.82, 2.24) is 19.5 Å². The van der Waals surface area contributed by atoms with Crippen molar-refractivity contribution in [2.75, 3.05) is 12.3 Å². The SMILES string of the molecule is Nc1ncnc2c1ncn2CCOc1ccc(C=O)cc1. The van der Waals surface area contributed by atoms with E-state index in [1.807, 2.05) is 4.57 Å². The summed E-state index contributed by atoms with van der Waals surface area (Å²) in [6.07, 6.45) is 3.87. The fourth-order valence-electron chi connectivity index (χ4n) is 1.97. The van der Waals surface area contributed by atoms with E-state index in [9.17, 15) is 4.79 Å². The van der Waals surface area contributed by atoms with E-state index in [0.29, 0.717) is 41.4 Å². The van der Waals surface area contributed by atoms with Crippen LogP contribution >= 0.6 is 0 Å². The zero-order valence-electron chi connectivity index (χ0n) is 11.1. The van der Waals surface area contributed by atoms with Gasteiger partial charge in [-0.2, -0.15) is 0 Å². The molecule has 21 heavy (non-hydrogen) atoms. The number of benzene rings is 1. The molecule has 0 spiro atoms. The van der Waals surface area contributed by atoms with Crippen molar-refractivity contribution in [2.45, 2.75) is 6.54 Å². The molecule has 7 heteroatoms. The third-order valence-corrected chi connectivity index (χ3v) is 3.05. The molecule has 0 amide bonds. The summed E-state index contributed by atoms with van der Waals surface area (Å²) >= 11 is 0. The summed E-state index contributed by atoms with van der Waals surface area (Å²) in [5, 5.41) is 0. The van der Waals surface area contributed by atoms with Crippen LogP contribution in [-0.4, -0.2) is 32.4 Å². The standard InChI is InChI=1S/C14H13N5O2/c15-13-12-14(17-8-16-13)19(9-18-12)5-6-21-11-3-1-10(7-20)2-4-11/h1-4,7-9H,5-6H2,(H2,15,16,17). The van der Waals surface area contributed by atoms with E-state index < -0.39 is 0 Å². The Morgan fingerprint density at radius 1 is 1.19 bits per heavy atom. The van der Waals surface area contributed by atoms with Crippen LogP contribution < -0.4 is 10.5 Å². The maximum atomic E-state index is 10.6. The van der Waals surface area contributed by atoms with Crippen molar-refractivity contribution in [1.29, 1.82) is 0 Å². The number of nitrogens with zero attached hydrogens (tertiary/aromatic N) is 4. The smallest absolute Gasteiger partial charge is 0.165 e. The van der Waals surface area contributed by atoms with Gasteiger partial charge < -0.3 is 15.0 Å². The van der Waals surface area contributed by atoms with Crippen molar-refractivity contribution < 1.29 is 9.53 Å². The molecular formula is C14H13N5O2. The van der Waals surface area contributed by atoms with Crippen LogP contribution in [0.4, 0.5) is 5.82 Å². The number of anilines is 1. The quantitative estimate of drug-likeness (QED) is 0.709. The number of hydrogen-bond donors (Lipinski definition) is 1. The van der Waals surface area contributed by atoms with Crippen LogP contribution in [0.1, 0.15) is 10.4 Å². The molecule has 106 valence electrons. The molecule has 0 atom stereocenters. The van der Waals surface area contributed by atoms with Gasteiger partial charge in [0.1, 0.15) is 30.5 Å². The zero-order chi connectivity index (χ0) is 14.7. The maximum absolute atomic E-state index is 10.6. The fraction of sp³-hybridized carbons (Fsp3) is 0.143. The van der Waals surface area contributed by atoms with Gasteiger partial charge in [-0.3, -0.25) is 4.79 Å². The Morgan fingerprint density at radius 3 is 2.76 bits per heavy atom. The van der Waals surface area contributed by atoms with Gasteiger partial charge in [-0.05, 0) is 24.3 Å². The highest BCUT2D eigenvalue weighted by atomic mass is 16.5. The highest BCUT2D eigenvalue weighted by Crippen LogP contribution is 2.15. The molecule has 2 aromatic heterocycles. The average molecular weight is 283 g/mol. The first-order valence-electron chi connectivity index (χ1n) is 6.37. The van der Waals surface area contributed by atoms with E-state index in [4.69, 9.17) is 10.5 Å². The van der Waals surface area contributed by atoms with Gasteiger partial charge in [0.2, 0.25) is 0 Å². The molecule has 0 saturated heterocycles. The number of ether oxygens (including phenoxy) is 1. The monoisotopic (exact) mass is 283 g/mol. The van der Waals surface area contributed by atoms with Crippen LogP contribution in [-0.2, 0) is 6.54 Å². The average Bonchev–Trinajstić information content (AvgIpc) is 2.93. The first-order chi connectivity index (χ1) is 10.3. The lowest BCUT2D eigenvalue weighted by Crippen LogP contribution is -2.08. The van der Waals surface area contributed by atoms with Gasteiger partial charge in [-0.15, -0.1) is 0 Å². The molecule has 0 saturated carbocycles. The molecular weight excluding hydrogens is 270 g/mol. The minimum absolute atomic E-state index is 0.365. The summed E-state index contributed by atoms with van der Waals surface area (Å²) in [5.74, 6) is 1.07. The summed E-state index contributed by atoms with van der Waals surface area (Å²) in [7, 11) is 0. The first-order valence-corrected chi connectivity index (χ1v) is 6.37. The number of carbonyl (C=O) groups excluding carboxylic acids is 1. The minimum atomic E-state index is 0.365. The third kappa shape index (κ3) is 2.66. The number of nitrogens with two attached hydrogens (primary N) is 1. The number of aromatic nitrogens is 4. The van der Waals surface area contributed by atoms with E-state index in [1.54, 1.807) is 30.6 Å². The number of imidazole rings is 1. The summed E-state index contributed by atoms with van der Waals surface area (Å²) in [4.78, 5) is 22.8. The summed E-state index contributed by atoms with van der Waals surface area (Å²) in [6, 6.07) is 6.94. The van der Waals surface area contributed by atoms with Crippen LogP contribution in [0.25, 0.3) is 11.2 Å². The predicted molar refractivity (Wildman–Crippen MR) is 77.1 cm³/mol. The van der Waals surface area contributed by atoms with Crippen LogP contribution in [0.3, 0.4) is 0 Å². The lowest BCUT2D eigenvalue weighted by molar-refractivity contribution is 0.112. The van der Waals surface area contributed by atoms with E-state index in [2.05, 4.69) is 15.0 Å². The second kappa shape index (κ2) is 5.58. The number of fused-ring (bicyclic) bond motifs is 1. The maximum Gasteiger partial charge on any atom is 0.165 e. The van der Waals surface area contributed by atoms with Gasteiger partial charge in [-0.25, -0.2) is 15.0 Å². The van der Waals surface area contributed by atoms with Gasteiger partial charge in [0.05, 0.1) is 12.9 Å². The van der Waals surface area contributed by atoms with Gasteiger partial charge in [-0.1, -0.05) is 0 Å². The van der Waals surface area contributed by atoms with E-state index in [-0.39, 0.29) is 0 Å². The third-order valence-electron chi connectivity index (χ3n) is 3.05. The van der Waals surface area contributed by atoms with Crippen molar-refractivity contribution in [3.63, 3.8) is 0 Å². The van der Waals surface area contributed by atoms with E-state index in [0.717, 1.165) is 6.29 Å². The number of carbonyl (C=O) groups is 1. The lowest BCUT2D eigenvalue weighted by Gasteiger charge is -2.07. The molecule has 2 heterocycles.